The Morgan fingerprint density at radius 1 is 1.42 bits per heavy atom. The number of para-hydroxylation sites is 1. The SMILES string of the molecule is O=C(SCCCOc1[c]cccc1)N1CCOCC1. The molecule has 1 radical (unpaired) electrons. The summed E-state index contributed by atoms with van der Waals surface area (Å²) in [7, 11) is 0. The first-order valence-electron chi connectivity index (χ1n) is 6.45. The fourth-order valence-electron chi connectivity index (χ4n) is 1.70. The van der Waals surface area contributed by atoms with Crippen molar-refractivity contribution in [1.82, 2.24) is 4.90 Å². The number of morpholine rings is 1. The van der Waals surface area contributed by atoms with E-state index in [4.69, 9.17) is 9.47 Å². The highest BCUT2D eigenvalue weighted by Gasteiger charge is 2.16. The number of hydrogen-bond acceptors (Lipinski definition) is 4. The minimum Gasteiger partial charge on any atom is -0.493 e. The van der Waals surface area contributed by atoms with Crippen molar-refractivity contribution in [1.29, 1.82) is 0 Å². The molecule has 1 saturated heterocycles. The molecule has 1 aromatic rings. The Hall–Kier alpha value is -1.20. The molecule has 103 valence electrons. The molecule has 0 atom stereocenters. The van der Waals surface area contributed by atoms with E-state index in [1.54, 1.807) is 0 Å². The Bertz CT molecular complexity index is 380. The van der Waals surface area contributed by atoms with Gasteiger partial charge in [0.25, 0.3) is 5.24 Å². The summed E-state index contributed by atoms with van der Waals surface area (Å²) in [6, 6.07) is 10.5. The Kier molecular flexibility index (Phi) is 6.04. The monoisotopic (exact) mass is 280 g/mol. The van der Waals surface area contributed by atoms with Gasteiger partial charge in [-0.05, 0) is 12.5 Å². The van der Waals surface area contributed by atoms with Gasteiger partial charge in [0.2, 0.25) is 0 Å². The van der Waals surface area contributed by atoms with Gasteiger partial charge in [0, 0.05) is 24.9 Å². The molecule has 4 nitrogen and oxygen atoms in total. The number of carbonyl (C=O) groups excluding carboxylic acids is 1. The molecular formula is C14H18NO3S. The zero-order chi connectivity index (χ0) is 13.3. The lowest BCUT2D eigenvalue weighted by molar-refractivity contribution is 0.0593. The van der Waals surface area contributed by atoms with E-state index < -0.39 is 0 Å². The number of rotatable bonds is 5. The van der Waals surface area contributed by atoms with E-state index in [0.717, 1.165) is 17.9 Å². The van der Waals surface area contributed by atoms with Crippen LogP contribution < -0.4 is 4.74 Å². The fourth-order valence-corrected chi connectivity index (χ4v) is 2.51. The van der Waals surface area contributed by atoms with E-state index in [9.17, 15) is 4.79 Å². The lowest BCUT2D eigenvalue weighted by Crippen LogP contribution is -2.38. The van der Waals surface area contributed by atoms with Crippen LogP contribution in [0.15, 0.2) is 24.3 Å². The molecule has 0 saturated carbocycles. The quantitative estimate of drug-likeness (QED) is 0.777. The number of benzene rings is 1. The molecule has 1 amide bonds. The van der Waals surface area contributed by atoms with Crippen LogP contribution in [-0.2, 0) is 4.74 Å². The van der Waals surface area contributed by atoms with Crippen molar-refractivity contribution in [3.8, 4) is 5.75 Å². The number of ether oxygens (including phenoxy) is 2. The summed E-state index contributed by atoms with van der Waals surface area (Å²) in [5.74, 6) is 1.54. The summed E-state index contributed by atoms with van der Waals surface area (Å²) in [6.45, 7) is 3.34. The van der Waals surface area contributed by atoms with Gasteiger partial charge in [-0.25, -0.2) is 0 Å². The van der Waals surface area contributed by atoms with Crippen LogP contribution in [0.25, 0.3) is 0 Å². The van der Waals surface area contributed by atoms with Gasteiger partial charge < -0.3 is 14.4 Å². The van der Waals surface area contributed by atoms with Crippen molar-refractivity contribution in [2.24, 2.45) is 0 Å². The van der Waals surface area contributed by atoms with Crippen molar-refractivity contribution in [3.63, 3.8) is 0 Å². The molecule has 0 N–H and O–H groups in total. The van der Waals surface area contributed by atoms with Gasteiger partial charge >= 0.3 is 0 Å². The largest absolute Gasteiger partial charge is 0.493 e. The predicted octanol–water partition coefficient (Wildman–Crippen LogP) is 2.44. The van der Waals surface area contributed by atoms with Crippen molar-refractivity contribution in [3.05, 3.63) is 30.3 Å². The van der Waals surface area contributed by atoms with E-state index in [1.165, 1.54) is 11.8 Å². The van der Waals surface area contributed by atoms with Crippen LogP contribution >= 0.6 is 11.8 Å². The summed E-state index contributed by atoms with van der Waals surface area (Å²) < 4.78 is 10.7. The number of amides is 1. The van der Waals surface area contributed by atoms with Crippen molar-refractivity contribution >= 4 is 17.0 Å². The van der Waals surface area contributed by atoms with Crippen LogP contribution in [-0.4, -0.2) is 48.8 Å². The highest BCUT2D eigenvalue weighted by molar-refractivity contribution is 8.13. The third-order valence-electron chi connectivity index (χ3n) is 2.72. The van der Waals surface area contributed by atoms with Crippen LogP contribution in [0.3, 0.4) is 0 Å². The van der Waals surface area contributed by atoms with Gasteiger partial charge in [-0.1, -0.05) is 30.0 Å². The smallest absolute Gasteiger partial charge is 0.281 e. The van der Waals surface area contributed by atoms with Gasteiger partial charge in [0.15, 0.2) is 0 Å². The molecule has 5 heteroatoms. The van der Waals surface area contributed by atoms with Crippen LogP contribution in [0.2, 0.25) is 0 Å². The van der Waals surface area contributed by atoms with Crippen LogP contribution in [0.5, 0.6) is 5.75 Å². The molecule has 2 rings (SSSR count). The lowest BCUT2D eigenvalue weighted by Gasteiger charge is -2.26. The number of nitrogens with zero attached hydrogens (tertiary/aromatic N) is 1. The summed E-state index contributed by atoms with van der Waals surface area (Å²) in [4.78, 5) is 13.7. The van der Waals surface area contributed by atoms with Gasteiger partial charge in [-0.15, -0.1) is 0 Å². The molecule has 0 bridgehead atoms. The van der Waals surface area contributed by atoms with Gasteiger partial charge in [-0.2, -0.15) is 0 Å². The third-order valence-corrected chi connectivity index (χ3v) is 3.72. The average Bonchev–Trinajstić information content (AvgIpc) is 2.49. The number of hydrogen-bond donors (Lipinski definition) is 0. The third kappa shape index (κ3) is 5.12. The molecular weight excluding hydrogens is 262 g/mol. The Morgan fingerprint density at radius 3 is 3.00 bits per heavy atom. The van der Waals surface area contributed by atoms with E-state index >= 15 is 0 Å². The van der Waals surface area contributed by atoms with Crippen molar-refractivity contribution in [2.75, 3.05) is 38.7 Å². The molecule has 1 heterocycles. The zero-order valence-corrected chi connectivity index (χ0v) is 11.7. The topological polar surface area (TPSA) is 38.8 Å². The molecule has 0 aromatic heterocycles. The highest BCUT2D eigenvalue weighted by atomic mass is 32.2. The van der Waals surface area contributed by atoms with Crippen molar-refractivity contribution < 1.29 is 14.3 Å². The first kappa shape index (κ1) is 14.2. The zero-order valence-electron chi connectivity index (χ0n) is 10.8. The molecule has 0 spiro atoms. The van der Waals surface area contributed by atoms with Crippen LogP contribution in [0.4, 0.5) is 4.79 Å². The molecule has 19 heavy (non-hydrogen) atoms. The second kappa shape index (κ2) is 8.07. The lowest BCUT2D eigenvalue weighted by atomic mass is 10.3. The van der Waals surface area contributed by atoms with Crippen molar-refractivity contribution in [2.45, 2.75) is 6.42 Å². The van der Waals surface area contributed by atoms with E-state index in [-0.39, 0.29) is 5.24 Å². The molecule has 1 aromatic carbocycles. The number of thioether (sulfide) groups is 1. The maximum absolute atomic E-state index is 11.8. The summed E-state index contributed by atoms with van der Waals surface area (Å²) >= 11 is 1.36. The Labute approximate surface area is 118 Å². The standard InChI is InChI=1S/C14H18NO3S/c16-14(15-7-10-17-11-8-15)19-12-4-9-18-13-5-2-1-3-6-13/h1-3,5H,4,7-12H2. The molecule has 0 aliphatic carbocycles. The van der Waals surface area contributed by atoms with Gasteiger partial charge in [0.1, 0.15) is 5.75 Å². The van der Waals surface area contributed by atoms with Crippen LogP contribution in [0.1, 0.15) is 6.42 Å². The highest BCUT2D eigenvalue weighted by Crippen LogP contribution is 2.13. The minimum absolute atomic E-state index is 0.148. The minimum atomic E-state index is 0.148. The van der Waals surface area contributed by atoms with E-state index in [0.29, 0.717) is 32.9 Å². The van der Waals surface area contributed by atoms with Gasteiger partial charge in [0.05, 0.1) is 19.8 Å². The normalized spacial score (nSPS) is 15.3. The first-order valence-corrected chi connectivity index (χ1v) is 7.44. The predicted molar refractivity (Wildman–Crippen MR) is 75.6 cm³/mol. The maximum Gasteiger partial charge on any atom is 0.281 e. The molecule has 1 fully saturated rings. The summed E-state index contributed by atoms with van der Waals surface area (Å²) in [6.07, 6.45) is 0.851. The molecule has 0 unspecified atom stereocenters. The Morgan fingerprint density at radius 2 is 2.26 bits per heavy atom. The molecule has 1 aliphatic rings. The maximum atomic E-state index is 11.8. The number of carbonyl (C=O) groups is 1. The Balaban J connectivity index is 1.55. The summed E-state index contributed by atoms with van der Waals surface area (Å²) in [5.41, 5.74) is 0. The average molecular weight is 280 g/mol. The molecule has 1 aliphatic heterocycles. The second-order valence-electron chi connectivity index (χ2n) is 4.14. The first-order chi connectivity index (χ1) is 9.36. The second-order valence-corrected chi connectivity index (χ2v) is 5.19. The van der Waals surface area contributed by atoms with Gasteiger partial charge in [-0.3, -0.25) is 4.79 Å². The fraction of sp³-hybridized carbons (Fsp3) is 0.500. The van der Waals surface area contributed by atoms with E-state index in [1.807, 2.05) is 29.2 Å². The van der Waals surface area contributed by atoms with Crippen LogP contribution in [0, 0.1) is 6.07 Å². The summed E-state index contributed by atoms with van der Waals surface area (Å²) in [5, 5.41) is 0.148. The van der Waals surface area contributed by atoms with E-state index in [2.05, 4.69) is 6.07 Å².